The fraction of sp³-hybridized carbons (Fsp3) is 0.500. The third-order valence-electron chi connectivity index (χ3n) is 3.62. The minimum Gasteiger partial charge on any atom is -0.303 e. The zero-order chi connectivity index (χ0) is 11.4. The summed E-state index contributed by atoms with van der Waals surface area (Å²) < 4.78 is 0. The molecule has 1 saturated carbocycles. The Balaban J connectivity index is 2.17. The van der Waals surface area contributed by atoms with Crippen molar-refractivity contribution in [2.45, 2.75) is 38.0 Å². The van der Waals surface area contributed by atoms with Crippen LogP contribution < -0.4 is 0 Å². The van der Waals surface area contributed by atoms with E-state index in [1.807, 2.05) is 12.1 Å². The van der Waals surface area contributed by atoms with Gasteiger partial charge in [-0.25, -0.2) is 0 Å². The number of carbonyl (C=O) groups excluding carboxylic acids is 1. The SMILES string of the molecule is O=CCC(c1ccc(Cl)cc1)C1CCCC1. The van der Waals surface area contributed by atoms with Crippen LogP contribution in [0.4, 0.5) is 0 Å². The first kappa shape index (κ1) is 11.7. The van der Waals surface area contributed by atoms with Crippen molar-refractivity contribution < 1.29 is 4.79 Å². The van der Waals surface area contributed by atoms with Gasteiger partial charge in [-0.3, -0.25) is 0 Å². The highest BCUT2D eigenvalue weighted by atomic mass is 35.5. The van der Waals surface area contributed by atoms with Crippen molar-refractivity contribution in [2.75, 3.05) is 0 Å². The number of hydrogen-bond donors (Lipinski definition) is 0. The van der Waals surface area contributed by atoms with E-state index in [-0.39, 0.29) is 0 Å². The molecule has 0 radical (unpaired) electrons. The molecule has 86 valence electrons. The first-order valence-corrected chi connectivity index (χ1v) is 6.38. The van der Waals surface area contributed by atoms with Crippen molar-refractivity contribution in [1.29, 1.82) is 0 Å². The van der Waals surface area contributed by atoms with Crippen LogP contribution in [0.5, 0.6) is 0 Å². The number of hydrogen-bond acceptors (Lipinski definition) is 1. The summed E-state index contributed by atoms with van der Waals surface area (Å²) in [6.45, 7) is 0. The van der Waals surface area contributed by atoms with Gasteiger partial charge >= 0.3 is 0 Å². The summed E-state index contributed by atoms with van der Waals surface area (Å²) in [5.74, 6) is 1.09. The van der Waals surface area contributed by atoms with E-state index >= 15 is 0 Å². The molecule has 1 aromatic carbocycles. The van der Waals surface area contributed by atoms with Gasteiger partial charge in [-0.15, -0.1) is 0 Å². The summed E-state index contributed by atoms with van der Waals surface area (Å²) in [5.41, 5.74) is 1.27. The minimum absolute atomic E-state index is 0.400. The lowest BCUT2D eigenvalue weighted by atomic mass is 9.83. The minimum atomic E-state index is 0.400. The molecule has 0 aliphatic heterocycles. The average Bonchev–Trinajstić information content (AvgIpc) is 2.81. The number of benzene rings is 1. The maximum absolute atomic E-state index is 10.8. The fourth-order valence-corrected chi connectivity index (χ4v) is 2.90. The van der Waals surface area contributed by atoms with E-state index in [2.05, 4.69) is 12.1 Å². The molecule has 0 heterocycles. The summed E-state index contributed by atoms with van der Waals surface area (Å²) >= 11 is 5.88. The van der Waals surface area contributed by atoms with Crippen molar-refractivity contribution in [3.8, 4) is 0 Å². The average molecular weight is 237 g/mol. The van der Waals surface area contributed by atoms with Crippen LogP contribution in [-0.4, -0.2) is 6.29 Å². The van der Waals surface area contributed by atoms with E-state index in [4.69, 9.17) is 11.6 Å². The second-order valence-electron chi connectivity index (χ2n) is 4.60. The lowest BCUT2D eigenvalue weighted by molar-refractivity contribution is -0.108. The quantitative estimate of drug-likeness (QED) is 0.716. The molecule has 1 aliphatic rings. The van der Waals surface area contributed by atoms with Crippen LogP contribution in [0, 0.1) is 5.92 Å². The predicted octanol–water partition coefficient (Wildman–Crippen LogP) is 4.20. The first-order valence-electron chi connectivity index (χ1n) is 6.00. The van der Waals surface area contributed by atoms with Crippen LogP contribution in [0.25, 0.3) is 0 Å². The molecular formula is C14H17ClO. The van der Waals surface area contributed by atoms with Crippen LogP contribution in [0.15, 0.2) is 24.3 Å². The van der Waals surface area contributed by atoms with Gasteiger partial charge in [0.05, 0.1) is 0 Å². The Morgan fingerprint density at radius 3 is 2.44 bits per heavy atom. The highest BCUT2D eigenvalue weighted by Gasteiger charge is 2.25. The summed E-state index contributed by atoms with van der Waals surface area (Å²) in [6.07, 6.45) is 6.85. The molecule has 1 nitrogen and oxygen atoms in total. The molecule has 16 heavy (non-hydrogen) atoms. The number of halogens is 1. The van der Waals surface area contributed by atoms with Gasteiger partial charge in [0.1, 0.15) is 6.29 Å². The van der Waals surface area contributed by atoms with Crippen molar-refractivity contribution >= 4 is 17.9 Å². The van der Waals surface area contributed by atoms with Crippen molar-refractivity contribution in [3.63, 3.8) is 0 Å². The van der Waals surface area contributed by atoms with Crippen LogP contribution in [-0.2, 0) is 4.79 Å². The molecule has 2 rings (SSSR count). The second-order valence-corrected chi connectivity index (χ2v) is 5.04. The second kappa shape index (κ2) is 5.49. The van der Waals surface area contributed by atoms with E-state index in [1.165, 1.54) is 31.2 Å². The van der Waals surface area contributed by atoms with E-state index < -0.39 is 0 Å². The zero-order valence-corrected chi connectivity index (χ0v) is 10.1. The van der Waals surface area contributed by atoms with E-state index in [0.717, 1.165) is 11.3 Å². The molecule has 0 amide bonds. The van der Waals surface area contributed by atoms with Gasteiger partial charge < -0.3 is 4.79 Å². The molecule has 0 N–H and O–H groups in total. The Morgan fingerprint density at radius 1 is 1.25 bits per heavy atom. The van der Waals surface area contributed by atoms with Crippen LogP contribution in [0.1, 0.15) is 43.6 Å². The highest BCUT2D eigenvalue weighted by Crippen LogP contribution is 2.39. The van der Waals surface area contributed by atoms with Crippen molar-refractivity contribution in [2.24, 2.45) is 5.92 Å². The van der Waals surface area contributed by atoms with Gasteiger partial charge in [-0.1, -0.05) is 36.6 Å². The van der Waals surface area contributed by atoms with Gasteiger partial charge in [0.2, 0.25) is 0 Å². The van der Waals surface area contributed by atoms with E-state index in [9.17, 15) is 4.79 Å². The zero-order valence-electron chi connectivity index (χ0n) is 9.36. The lowest BCUT2D eigenvalue weighted by Crippen LogP contribution is -2.10. The molecule has 1 fully saturated rings. The standard InChI is InChI=1S/C14H17ClO/c15-13-7-5-12(6-8-13)14(9-10-16)11-3-1-2-4-11/h5-8,10-11,14H,1-4,9H2. The Kier molecular flexibility index (Phi) is 4.00. The molecule has 0 bridgehead atoms. The molecule has 2 heteroatoms. The number of rotatable bonds is 4. The largest absolute Gasteiger partial charge is 0.303 e. The molecule has 1 atom stereocenters. The Labute approximate surface area is 102 Å². The maximum Gasteiger partial charge on any atom is 0.120 e. The highest BCUT2D eigenvalue weighted by molar-refractivity contribution is 6.30. The van der Waals surface area contributed by atoms with Crippen molar-refractivity contribution in [3.05, 3.63) is 34.9 Å². The predicted molar refractivity (Wildman–Crippen MR) is 66.8 cm³/mol. The molecule has 1 unspecified atom stereocenters. The van der Waals surface area contributed by atoms with Gasteiger partial charge in [-0.05, 0) is 42.4 Å². The summed E-state index contributed by atoms with van der Waals surface area (Å²) in [5, 5.41) is 0.764. The smallest absolute Gasteiger partial charge is 0.120 e. The summed E-state index contributed by atoms with van der Waals surface area (Å²) in [6, 6.07) is 7.97. The van der Waals surface area contributed by atoms with Gasteiger partial charge in [0, 0.05) is 11.4 Å². The molecule has 0 aromatic heterocycles. The number of carbonyl (C=O) groups is 1. The molecular weight excluding hydrogens is 220 g/mol. The molecule has 1 aliphatic carbocycles. The van der Waals surface area contributed by atoms with Gasteiger partial charge in [-0.2, -0.15) is 0 Å². The fourth-order valence-electron chi connectivity index (χ4n) is 2.77. The molecule has 1 aromatic rings. The number of aldehydes is 1. The van der Waals surface area contributed by atoms with Crippen LogP contribution >= 0.6 is 11.6 Å². The summed E-state index contributed by atoms with van der Waals surface area (Å²) in [4.78, 5) is 10.8. The molecule has 0 saturated heterocycles. The van der Waals surface area contributed by atoms with Crippen LogP contribution in [0.2, 0.25) is 5.02 Å². The third-order valence-corrected chi connectivity index (χ3v) is 3.87. The van der Waals surface area contributed by atoms with Gasteiger partial charge in [0.25, 0.3) is 0 Å². The lowest BCUT2D eigenvalue weighted by Gasteiger charge is -2.21. The summed E-state index contributed by atoms with van der Waals surface area (Å²) in [7, 11) is 0. The monoisotopic (exact) mass is 236 g/mol. The topological polar surface area (TPSA) is 17.1 Å². The van der Waals surface area contributed by atoms with Crippen molar-refractivity contribution in [1.82, 2.24) is 0 Å². The van der Waals surface area contributed by atoms with Gasteiger partial charge in [0.15, 0.2) is 0 Å². The third kappa shape index (κ3) is 2.65. The van der Waals surface area contributed by atoms with E-state index in [0.29, 0.717) is 18.3 Å². The normalized spacial score (nSPS) is 18.6. The molecule has 0 spiro atoms. The Bertz CT molecular complexity index is 338. The Hall–Kier alpha value is -0.820. The van der Waals surface area contributed by atoms with E-state index in [1.54, 1.807) is 0 Å². The Morgan fingerprint density at radius 2 is 1.88 bits per heavy atom. The maximum atomic E-state index is 10.8. The first-order chi connectivity index (χ1) is 7.81. The van der Waals surface area contributed by atoms with Crippen LogP contribution in [0.3, 0.4) is 0 Å².